The molecule has 0 saturated carbocycles. The van der Waals surface area contributed by atoms with Gasteiger partial charge in [0.2, 0.25) is 0 Å². The Morgan fingerprint density at radius 2 is 2.00 bits per heavy atom. The average Bonchev–Trinajstić information content (AvgIpc) is 2.67. The first-order chi connectivity index (χ1) is 7.13. The van der Waals surface area contributed by atoms with Gasteiger partial charge in [-0.2, -0.15) is 15.0 Å². The molecule has 0 saturated heterocycles. The lowest BCUT2D eigenvalue weighted by molar-refractivity contribution is 0.428. The van der Waals surface area contributed by atoms with Crippen LogP contribution in [0.1, 0.15) is 37.4 Å². The molecule has 2 rings (SSSR count). The van der Waals surface area contributed by atoms with Gasteiger partial charge in [0.05, 0.1) is 6.04 Å². The summed E-state index contributed by atoms with van der Waals surface area (Å²) in [6, 6.07) is 4.52. The predicted molar refractivity (Wildman–Crippen MR) is 62.0 cm³/mol. The second-order valence-electron chi connectivity index (χ2n) is 4.15. The largest absolute Gasteiger partial charge is 0.181 e. The molecule has 2 aromatic rings. The van der Waals surface area contributed by atoms with Crippen LogP contribution in [0.3, 0.4) is 0 Å². The van der Waals surface area contributed by atoms with Crippen LogP contribution >= 0.6 is 0 Å². The van der Waals surface area contributed by atoms with Crippen molar-refractivity contribution >= 4 is 11.0 Å². The Hall–Kier alpha value is -1.38. The number of fused-ring (bicyclic) bond motifs is 1. The van der Waals surface area contributed by atoms with E-state index in [2.05, 4.69) is 44.0 Å². The fourth-order valence-electron chi connectivity index (χ4n) is 1.59. The topological polar surface area (TPSA) is 30.7 Å². The molecule has 1 atom stereocenters. The van der Waals surface area contributed by atoms with Crippen molar-refractivity contribution in [1.82, 2.24) is 15.0 Å². The lowest BCUT2D eigenvalue weighted by Crippen LogP contribution is -2.07. The summed E-state index contributed by atoms with van der Waals surface area (Å²) in [5.41, 5.74) is 4.55. The predicted octanol–water partition coefficient (Wildman–Crippen LogP) is 3.02. The second kappa shape index (κ2) is 3.65. The monoisotopic (exact) mass is 203 g/mol. The summed E-state index contributed by atoms with van der Waals surface area (Å²) >= 11 is 0. The number of nitrogens with zero attached hydrogens (tertiary/aromatic N) is 3. The van der Waals surface area contributed by atoms with Crippen LogP contribution in [0.15, 0.2) is 12.1 Å². The first-order valence-corrected chi connectivity index (χ1v) is 5.46. The van der Waals surface area contributed by atoms with Gasteiger partial charge in [-0.1, -0.05) is 13.0 Å². The molecule has 1 aromatic carbocycles. The third kappa shape index (κ3) is 1.62. The number of hydrogen-bond donors (Lipinski definition) is 0. The van der Waals surface area contributed by atoms with Gasteiger partial charge >= 0.3 is 0 Å². The normalized spacial score (nSPS) is 13.3. The zero-order valence-corrected chi connectivity index (χ0v) is 9.78. The van der Waals surface area contributed by atoms with E-state index in [9.17, 15) is 0 Å². The molecule has 0 spiro atoms. The molecule has 0 bridgehead atoms. The Labute approximate surface area is 90.1 Å². The molecule has 1 unspecified atom stereocenters. The molecular formula is C12H17N3. The summed E-state index contributed by atoms with van der Waals surface area (Å²) in [6.07, 6.45) is 1.05. The maximum atomic E-state index is 4.55. The molecule has 0 fully saturated rings. The minimum absolute atomic E-state index is 0.372. The molecule has 3 nitrogen and oxygen atoms in total. The molecule has 1 heterocycles. The zero-order valence-electron chi connectivity index (χ0n) is 9.78. The summed E-state index contributed by atoms with van der Waals surface area (Å²) in [7, 11) is 0. The van der Waals surface area contributed by atoms with Crippen LogP contribution in [-0.2, 0) is 0 Å². The number of rotatable bonds is 2. The SMILES string of the molecule is CCC(C)n1nc2ccc(C)c(C)c2n1. The van der Waals surface area contributed by atoms with E-state index in [4.69, 9.17) is 0 Å². The van der Waals surface area contributed by atoms with Crippen LogP contribution in [0, 0.1) is 13.8 Å². The summed E-state index contributed by atoms with van der Waals surface area (Å²) in [6.45, 7) is 8.50. The van der Waals surface area contributed by atoms with E-state index in [-0.39, 0.29) is 0 Å². The summed E-state index contributed by atoms with van der Waals surface area (Å²) in [5.74, 6) is 0. The van der Waals surface area contributed by atoms with E-state index >= 15 is 0 Å². The van der Waals surface area contributed by atoms with E-state index in [0.717, 1.165) is 17.5 Å². The quantitative estimate of drug-likeness (QED) is 0.751. The molecular weight excluding hydrogens is 186 g/mol. The van der Waals surface area contributed by atoms with Gasteiger partial charge in [-0.3, -0.25) is 0 Å². The first kappa shape index (κ1) is 10.1. The fourth-order valence-corrected chi connectivity index (χ4v) is 1.59. The number of aromatic nitrogens is 3. The molecule has 0 aliphatic heterocycles. The Morgan fingerprint density at radius 1 is 1.27 bits per heavy atom. The van der Waals surface area contributed by atoms with E-state index in [1.54, 1.807) is 0 Å². The zero-order chi connectivity index (χ0) is 11.0. The molecule has 15 heavy (non-hydrogen) atoms. The van der Waals surface area contributed by atoms with Crippen LogP contribution in [-0.4, -0.2) is 15.0 Å². The van der Waals surface area contributed by atoms with E-state index in [1.807, 2.05) is 10.9 Å². The second-order valence-corrected chi connectivity index (χ2v) is 4.15. The van der Waals surface area contributed by atoms with Crippen LogP contribution in [0.5, 0.6) is 0 Å². The summed E-state index contributed by atoms with van der Waals surface area (Å²) in [5, 5.41) is 9.04. The van der Waals surface area contributed by atoms with E-state index in [0.29, 0.717) is 6.04 Å². The van der Waals surface area contributed by atoms with E-state index in [1.165, 1.54) is 11.1 Å². The molecule has 0 amide bonds. The molecule has 80 valence electrons. The minimum atomic E-state index is 0.372. The molecule has 0 aliphatic carbocycles. The van der Waals surface area contributed by atoms with Gasteiger partial charge in [-0.25, -0.2) is 0 Å². The summed E-state index contributed by atoms with van der Waals surface area (Å²) in [4.78, 5) is 1.83. The lowest BCUT2D eigenvalue weighted by atomic mass is 10.1. The highest BCUT2D eigenvalue weighted by Crippen LogP contribution is 2.19. The van der Waals surface area contributed by atoms with Gasteiger partial charge in [0.1, 0.15) is 11.0 Å². The first-order valence-electron chi connectivity index (χ1n) is 5.46. The van der Waals surface area contributed by atoms with Crippen LogP contribution in [0.4, 0.5) is 0 Å². The van der Waals surface area contributed by atoms with Crippen molar-refractivity contribution in [2.24, 2.45) is 0 Å². The third-order valence-corrected chi connectivity index (χ3v) is 3.08. The average molecular weight is 203 g/mol. The van der Waals surface area contributed by atoms with Crippen LogP contribution < -0.4 is 0 Å². The van der Waals surface area contributed by atoms with Crippen molar-refractivity contribution in [3.63, 3.8) is 0 Å². The maximum absolute atomic E-state index is 4.55. The van der Waals surface area contributed by atoms with Gasteiger partial charge in [0, 0.05) is 0 Å². The lowest BCUT2D eigenvalue weighted by Gasteiger charge is -2.05. The minimum Gasteiger partial charge on any atom is -0.181 e. The highest BCUT2D eigenvalue weighted by atomic mass is 15.5. The molecule has 0 radical (unpaired) electrons. The Bertz CT molecular complexity index is 485. The molecule has 0 N–H and O–H groups in total. The highest BCUT2D eigenvalue weighted by Gasteiger charge is 2.09. The van der Waals surface area contributed by atoms with Crippen molar-refractivity contribution in [1.29, 1.82) is 0 Å². The van der Waals surface area contributed by atoms with Gasteiger partial charge in [0.25, 0.3) is 0 Å². The molecule has 0 aliphatic rings. The van der Waals surface area contributed by atoms with Gasteiger partial charge in [-0.05, 0) is 44.4 Å². The van der Waals surface area contributed by atoms with E-state index < -0.39 is 0 Å². The highest BCUT2D eigenvalue weighted by molar-refractivity contribution is 5.78. The Balaban J connectivity index is 2.61. The number of benzene rings is 1. The molecule has 1 aromatic heterocycles. The van der Waals surface area contributed by atoms with Crippen LogP contribution in [0.2, 0.25) is 0 Å². The van der Waals surface area contributed by atoms with Crippen molar-refractivity contribution in [3.05, 3.63) is 23.3 Å². The Morgan fingerprint density at radius 3 is 2.67 bits per heavy atom. The smallest absolute Gasteiger partial charge is 0.116 e. The van der Waals surface area contributed by atoms with Crippen molar-refractivity contribution in [2.45, 2.75) is 40.2 Å². The van der Waals surface area contributed by atoms with Gasteiger partial charge in [0.15, 0.2) is 0 Å². The standard InChI is InChI=1S/C12H17N3/c1-5-9(3)15-13-11-7-6-8(2)10(4)12(11)14-15/h6-7,9H,5H2,1-4H3. The van der Waals surface area contributed by atoms with Crippen LogP contribution in [0.25, 0.3) is 11.0 Å². The Kier molecular flexibility index (Phi) is 2.47. The van der Waals surface area contributed by atoms with Gasteiger partial charge < -0.3 is 0 Å². The van der Waals surface area contributed by atoms with Crippen molar-refractivity contribution < 1.29 is 0 Å². The summed E-state index contributed by atoms with van der Waals surface area (Å²) < 4.78 is 0. The van der Waals surface area contributed by atoms with Gasteiger partial charge in [-0.15, -0.1) is 0 Å². The molecule has 3 heteroatoms. The maximum Gasteiger partial charge on any atom is 0.116 e. The number of aryl methyl sites for hydroxylation is 2. The fraction of sp³-hybridized carbons (Fsp3) is 0.500. The van der Waals surface area contributed by atoms with Crippen molar-refractivity contribution in [2.75, 3.05) is 0 Å². The number of hydrogen-bond acceptors (Lipinski definition) is 2. The third-order valence-electron chi connectivity index (χ3n) is 3.08. The van der Waals surface area contributed by atoms with Crippen molar-refractivity contribution in [3.8, 4) is 0 Å².